The fraction of sp³-hybridized carbons (Fsp3) is 0.263. The first-order chi connectivity index (χ1) is 13.0. The van der Waals surface area contributed by atoms with Crippen LogP contribution < -0.4 is 9.64 Å². The lowest BCUT2D eigenvalue weighted by Gasteiger charge is -2.26. The minimum Gasteiger partial charge on any atom is -0.495 e. The van der Waals surface area contributed by atoms with E-state index in [0.29, 0.717) is 16.5 Å². The van der Waals surface area contributed by atoms with Gasteiger partial charge in [0.05, 0.1) is 30.3 Å². The van der Waals surface area contributed by atoms with E-state index < -0.39 is 9.84 Å². The number of rotatable bonds is 3. The van der Waals surface area contributed by atoms with E-state index in [-0.39, 0.29) is 28.7 Å². The second-order valence-corrected chi connectivity index (χ2v) is 9.77. The Bertz CT molecular complexity index is 1010. The number of amidine groups is 1. The van der Waals surface area contributed by atoms with Gasteiger partial charge in [0.2, 0.25) is 0 Å². The summed E-state index contributed by atoms with van der Waals surface area (Å²) >= 11 is 1.35. The Morgan fingerprint density at radius 1 is 1.11 bits per heavy atom. The average Bonchev–Trinajstić information content (AvgIpc) is 3.13. The number of anilines is 1. The molecule has 140 valence electrons. The molecule has 2 aromatic carbocycles. The number of aliphatic imine (C=N–C) groups is 1. The van der Waals surface area contributed by atoms with Crippen LogP contribution in [0.15, 0.2) is 59.6 Å². The molecular weight excluding hydrogens is 384 g/mol. The van der Waals surface area contributed by atoms with Gasteiger partial charge in [0, 0.05) is 10.8 Å². The second-order valence-electron chi connectivity index (χ2n) is 6.41. The number of fused-ring (bicyclic) bond motifs is 1. The molecule has 0 aromatic heterocycles. The smallest absolute Gasteiger partial charge is 0.279 e. The van der Waals surface area contributed by atoms with E-state index in [1.807, 2.05) is 35.2 Å². The van der Waals surface area contributed by atoms with Crippen molar-refractivity contribution in [3.05, 3.63) is 60.2 Å². The van der Waals surface area contributed by atoms with Crippen LogP contribution in [0.2, 0.25) is 0 Å². The van der Waals surface area contributed by atoms with Crippen LogP contribution >= 0.6 is 11.8 Å². The number of carbonyl (C=O) groups excluding carboxylic acids is 1. The van der Waals surface area contributed by atoms with Gasteiger partial charge >= 0.3 is 0 Å². The van der Waals surface area contributed by atoms with Gasteiger partial charge in [0.1, 0.15) is 5.75 Å². The molecule has 2 aliphatic rings. The molecule has 2 heterocycles. The van der Waals surface area contributed by atoms with Crippen molar-refractivity contribution in [2.45, 2.75) is 11.3 Å². The summed E-state index contributed by atoms with van der Waals surface area (Å²) in [6.07, 6.45) is 0. The SMILES string of the molecule is COc1ccccc1N1C(=NC(=O)c2ccccc2)S[C@@H]2CS(=O)(=O)C[C@H]21. The molecular formula is C19H18N2O4S2. The van der Waals surface area contributed by atoms with E-state index in [2.05, 4.69) is 4.99 Å². The van der Waals surface area contributed by atoms with Crippen molar-refractivity contribution < 1.29 is 17.9 Å². The lowest BCUT2D eigenvalue weighted by atomic mass is 10.2. The first kappa shape index (κ1) is 18.1. The molecule has 2 aliphatic heterocycles. The van der Waals surface area contributed by atoms with Gasteiger partial charge in [-0.2, -0.15) is 4.99 Å². The molecule has 2 aromatic rings. The van der Waals surface area contributed by atoms with E-state index in [1.54, 1.807) is 31.4 Å². The molecule has 0 unspecified atom stereocenters. The van der Waals surface area contributed by atoms with Crippen molar-refractivity contribution >= 4 is 38.4 Å². The van der Waals surface area contributed by atoms with E-state index >= 15 is 0 Å². The molecule has 0 N–H and O–H groups in total. The van der Waals surface area contributed by atoms with Crippen molar-refractivity contribution in [1.82, 2.24) is 0 Å². The lowest BCUT2D eigenvalue weighted by molar-refractivity contribution is 0.100. The Kier molecular flexibility index (Phi) is 4.69. The molecule has 0 bridgehead atoms. The molecule has 8 heteroatoms. The summed E-state index contributed by atoms with van der Waals surface area (Å²) in [4.78, 5) is 18.8. The van der Waals surface area contributed by atoms with E-state index in [1.165, 1.54) is 11.8 Å². The summed E-state index contributed by atoms with van der Waals surface area (Å²) in [7, 11) is -1.55. The normalized spacial score (nSPS) is 24.8. The topological polar surface area (TPSA) is 76.0 Å². The third kappa shape index (κ3) is 3.46. The van der Waals surface area contributed by atoms with Gasteiger partial charge in [-0.25, -0.2) is 8.42 Å². The number of amides is 1. The molecule has 0 spiro atoms. The standard InChI is InChI=1S/C19H18N2O4S2/c1-25-16-10-6-5-9-14(16)21-15-11-27(23,24)12-17(15)26-19(21)20-18(22)13-7-3-2-4-8-13/h2-10,15,17H,11-12H2,1H3/t15-,17-/m1/s1. The summed E-state index contributed by atoms with van der Waals surface area (Å²) in [6.45, 7) is 0. The van der Waals surface area contributed by atoms with Gasteiger partial charge in [-0.1, -0.05) is 42.1 Å². The number of hydrogen-bond donors (Lipinski definition) is 0. The number of carbonyl (C=O) groups is 1. The Labute approximate surface area is 162 Å². The van der Waals surface area contributed by atoms with Crippen molar-refractivity contribution in [1.29, 1.82) is 0 Å². The molecule has 1 amide bonds. The summed E-state index contributed by atoms with van der Waals surface area (Å²) < 4.78 is 29.8. The number of methoxy groups -OCH3 is 1. The molecule has 0 radical (unpaired) electrons. The van der Waals surface area contributed by atoms with Crippen LogP contribution in [0.4, 0.5) is 5.69 Å². The Hall–Kier alpha value is -2.32. The zero-order valence-corrected chi connectivity index (χ0v) is 16.2. The third-order valence-corrected chi connectivity index (χ3v) is 7.84. The minimum absolute atomic E-state index is 0.0429. The van der Waals surface area contributed by atoms with Gasteiger partial charge in [-0.3, -0.25) is 4.79 Å². The Morgan fingerprint density at radius 3 is 2.56 bits per heavy atom. The highest BCUT2D eigenvalue weighted by molar-refractivity contribution is 8.16. The first-order valence-corrected chi connectivity index (χ1v) is 11.2. The van der Waals surface area contributed by atoms with Gasteiger partial charge in [-0.05, 0) is 24.3 Å². The largest absolute Gasteiger partial charge is 0.495 e. The van der Waals surface area contributed by atoms with Crippen LogP contribution in [-0.4, -0.2) is 49.4 Å². The molecule has 27 heavy (non-hydrogen) atoms. The number of para-hydroxylation sites is 2. The molecule has 0 saturated carbocycles. The van der Waals surface area contributed by atoms with Crippen LogP contribution in [0.5, 0.6) is 5.75 Å². The first-order valence-electron chi connectivity index (χ1n) is 8.46. The van der Waals surface area contributed by atoms with Gasteiger partial charge < -0.3 is 9.64 Å². The van der Waals surface area contributed by atoms with Crippen LogP contribution in [0.1, 0.15) is 10.4 Å². The highest BCUT2D eigenvalue weighted by Gasteiger charge is 2.50. The predicted molar refractivity (Wildman–Crippen MR) is 108 cm³/mol. The van der Waals surface area contributed by atoms with Gasteiger partial charge in [0.15, 0.2) is 15.0 Å². The monoisotopic (exact) mass is 402 g/mol. The summed E-state index contributed by atoms with van der Waals surface area (Å²) in [5, 5.41) is 0.362. The number of hydrogen-bond acceptors (Lipinski definition) is 5. The zero-order chi connectivity index (χ0) is 19.0. The third-order valence-electron chi connectivity index (χ3n) is 4.63. The van der Waals surface area contributed by atoms with Crippen LogP contribution in [0.3, 0.4) is 0 Å². The van der Waals surface area contributed by atoms with E-state index in [4.69, 9.17) is 4.74 Å². The maximum absolute atomic E-state index is 12.6. The molecule has 0 aliphatic carbocycles. The highest BCUT2D eigenvalue weighted by atomic mass is 32.2. The van der Waals surface area contributed by atoms with Gasteiger partial charge in [0.25, 0.3) is 5.91 Å². The molecule has 6 nitrogen and oxygen atoms in total. The van der Waals surface area contributed by atoms with E-state index in [9.17, 15) is 13.2 Å². The fourth-order valence-electron chi connectivity index (χ4n) is 3.41. The summed E-state index contributed by atoms with van der Waals surface area (Å²) in [6, 6.07) is 15.9. The molecule has 2 fully saturated rings. The zero-order valence-electron chi connectivity index (χ0n) is 14.6. The quantitative estimate of drug-likeness (QED) is 0.786. The number of thioether (sulfide) groups is 1. The predicted octanol–water partition coefficient (Wildman–Crippen LogP) is 2.61. The maximum atomic E-state index is 12.6. The molecule has 2 saturated heterocycles. The minimum atomic E-state index is -3.11. The highest BCUT2D eigenvalue weighted by Crippen LogP contribution is 2.43. The van der Waals surface area contributed by atoms with E-state index in [0.717, 1.165) is 5.69 Å². The summed E-state index contributed by atoms with van der Waals surface area (Å²) in [5.74, 6) is 0.400. The average molecular weight is 402 g/mol. The van der Waals surface area contributed by atoms with Crippen molar-refractivity contribution in [2.75, 3.05) is 23.5 Å². The Morgan fingerprint density at radius 2 is 1.81 bits per heavy atom. The second kappa shape index (κ2) is 7.01. The Balaban J connectivity index is 1.77. The number of nitrogens with zero attached hydrogens (tertiary/aromatic N) is 2. The van der Waals surface area contributed by atoms with Gasteiger partial charge in [-0.15, -0.1) is 0 Å². The summed E-state index contributed by atoms with van der Waals surface area (Å²) in [5.41, 5.74) is 1.21. The number of sulfone groups is 1. The van der Waals surface area contributed by atoms with Crippen LogP contribution in [-0.2, 0) is 9.84 Å². The van der Waals surface area contributed by atoms with Crippen LogP contribution in [0, 0.1) is 0 Å². The lowest BCUT2D eigenvalue weighted by Crippen LogP contribution is -2.38. The number of benzene rings is 2. The molecule has 4 rings (SSSR count). The van der Waals surface area contributed by atoms with Crippen molar-refractivity contribution in [2.24, 2.45) is 4.99 Å². The number of ether oxygens (including phenoxy) is 1. The fourth-order valence-corrected chi connectivity index (χ4v) is 7.31. The van der Waals surface area contributed by atoms with Crippen molar-refractivity contribution in [3.8, 4) is 5.75 Å². The van der Waals surface area contributed by atoms with Crippen LogP contribution in [0.25, 0.3) is 0 Å². The van der Waals surface area contributed by atoms with Crippen molar-refractivity contribution in [3.63, 3.8) is 0 Å². The maximum Gasteiger partial charge on any atom is 0.279 e. The molecule has 2 atom stereocenters.